The summed E-state index contributed by atoms with van der Waals surface area (Å²) in [6, 6.07) is 7.64. The molecule has 1 aromatic heterocycles. The van der Waals surface area contributed by atoms with Crippen molar-refractivity contribution in [3.05, 3.63) is 36.7 Å². The predicted molar refractivity (Wildman–Crippen MR) is 56.3 cm³/mol. The summed E-state index contributed by atoms with van der Waals surface area (Å²) in [6.45, 7) is 1.98. The Morgan fingerprint density at radius 3 is 2.62 bits per heavy atom. The third kappa shape index (κ3) is 1.77. The molecule has 5 heteroatoms. The highest BCUT2D eigenvalue weighted by molar-refractivity contribution is 5.36. The normalized spacial score (nSPS) is 23.1. The van der Waals surface area contributed by atoms with E-state index in [0.29, 0.717) is 0 Å². The Bertz CT molecular complexity index is 466. The van der Waals surface area contributed by atoms with Crippen LogP contribution in [0.5, 0.6) is 5.75 Å². The Morgan fingerprint density at radius 2 is 2.06 bits per heavy atom. The topological polar surface area (TPSA) is 52.5 Å². The molecule has 5 nitrogen and oxygen atoms in total. The Kier molecular flexibility index (Phi) is 2.11. The quantitative estimate of drug-likeness (QED) is 0.729. The number of hydrogen-bond acceptors (Lipinski definition) is 4. The van der Waals surface area contributed by atoms with Crippen molar-refractivity contribution in [1.29, 1.82) is 0 Å². The highest BCUT2D eigenvalue weighted by atomic mass is 16.8. The molecule has 1 aliphatic heterocycles. The lowest BCUT2D eigenvalue weighted by Crippen LogP contribution is -2.01. The minimum Gasteiger partial charge on any atom is -0.462 e. The zero-order valence-electron chi connectivity index (χ0n) is 8.78. The second-order valence-electron chi connectivity index (χ2n) is 3.67. The Labute approximate surface area is 92.6 Å². The van der Waals surface area contributed by atoms with Gasteiger partial charge < -0.3 is 9.47 Å². The average Bonchev–Trinajstić information content (AvgIpc) is 2.83. The van der Waals surface area contributed by atoms with E-state index in [1.165, 1.54) is 0 Å². The molecule has 0 aliphatic carbocycles. The average molecular weight is 217 g/mol. The Balaban J connectivity index is 1.75. The van der Waals surface area contributed by atoms with Crippen LogP contribution in [0.2, 0.25) is 0 Å². The van der Waals surface area contributed by atoms with Crippen LogP contribution in [0.1, 0.15) is 6.92 Å². The van der Waals surface area contributed by atoms with Crippen LogP contribution in [-0.4, -0.2) is 27.4 Å². The van der Waals surface area contributed by atoms with Crippen molar-refractivity contribution in [3.63, 3.8) is 0 Å². The van der Waals surface area contributed by atoms with E-state index in [9.17, 15) is 0 Å². The summed E-state index contributed by atoms with van der Waals surface area (Å²) in [5, 5.41) is 7.65. The van der Waals surface area contributed by atoms with Crippen molar-refractivity contribution >= 4 is 0 Å². The largest absolute Gasteiger partial charge is 0.462 e. The maximum atomic E-state index is 5.54. The SMILES string of the molecule is CC1OC1Oc1ccc(-n2ccnn2)cc1. The molecule has 16 heavy (non-hydrogen) atoms. The molecule has 2 unspecified atom stereocenters. The minimum atomic E-state index is -0.0859. The van der Waals surface area contributed by atoms with Crippen LogP contribution in [0, 0.1) is 0 Å². The standard InChI is InChI=1S/C11H11N3O2/c1-8-11(15-8)16-10-4-2-9(3-5-10)14-7-6-12-13-14/h2-8,11H,1H3. The van der Waals surface area contributed by atoms with E-state index in [1.54, 1.807) is 17.1 Å². The summed E-state index contributed by atoms with van der Waals surface area (Å²) >= 11 is 0. The van der Waals surface area contributed by atoms with Gasteiger partial charge in [-0.15, -0.1) is 5.10 Å². The zero-order valence-corrected chi connectivity index (χ0v) is 8.78. The molecule has 0 amide bonds. The Morgan fingerprint density at radius 1 is 1.31 bits per heavy atom. The van der Waals surface area contributed by atoms with Gasteiger partial charge in [-0.3, -0.25) is 0 Å². The van der Waals surface area contributed by atoms with Gasteiger partial charge in [-0.2, -0.15) is 0 Å². The van der Waals surface area contributed by atoms with Gasteiger partial charge in [-0.05, 0) is 31.2 Å². The fraction of sp³-hybridized carbons (Fsp3) is 0.273. The summed E-state index contributed by atoms with van der Waals surface area (Å²) in [7, 11) is 0. The van der Waals surface area contributed by atoms with Gasteiger partial charge in [0.15, 0.2) is 0 Å². The van der Waals surface area contributed by atoms with Gasteiger partial charge in [0.25, 0.3) is 0 Å². The summed E-state index contributed by atoms with van der Waals surface area (Å²) < 4.78 is 12.4. The lowest BCUT2D eigenvalue weighted by molar-refractivity contribution is 0.178. The lowest BCUT2D eigenvalue weighted by atomic mass is 10.3. The van der Waals surface area contributed by atoms with E-state index in [4.69, 9.17) is 9.47 Å². The molecule has 1 aromatic carbocycles. The number of rotatable bonds is 3. The molecule has 0 radical (unpaired) electrons. The summed E-state index contributed by atoms with van der Waals surface area (Å²) in [5.41, 5.74) is 0.953. The second-order valence-corrected chi connectivity index (χ2v) is 3.67. The summed E-state index contributed by atoms with van der Waals surface area (Å²) in [4.78, 5) is 0. The van der Waals surface area contributed by atoms with Crippen molar-refractivity contribution in [3.8, 4) is 11.4 Å². The number of aromatic nitrogens is 3. The molecular weight excluding hydrogens is 206 g/mol. The summed E-state index contributed by atoms with van der Waals surface area (Å²) in [6.07, 6.45) is 3.55. The van der Waals surface area contributed by atoms with Gasteiger partial charge >= 0.3 is 0 Å². The van der Waals surface area contributed by atoms with Gasteiger partial charge in [0, 0.05) is 0 Å². The first kappa shape index (κ1) is 9.35. The van der Waals surface area contributed by atoms with Crippen molar-refractivity contribution in [1.82, 2.24) is 15.0 Å². The molecule has 0 N–H and O–H groups in total. The number of hydrogen-bond donors (Lipinski definition) is 0. The number of ether oxygens (including phenoxy) is 2. The molecule has 82 valence electrons. The zero-order chi connectivity index (χ0) is 11.0. The van der Waals surface area contributed by atoms with Crippen molar-refractivity contribution in [2.75, 3.05) is 0 Å². The smallest absolute Gasteiger partial charge is 0.226 e. The maximum Gasteiger partial charge on any atom is 0.226 e. The summed E-state index contributed by atoms with van der Waals surface area (Å²) in [5.74, 6) is 0.804. The molecule has 1 aliphatic rings. The number of benzene rings is 1. The molecular formula is C11H11N3O2. The van der Waals surface area contributed by atoms with Crippen molar-refractivity contribution in [2.24, 2.45) is 0 Å². The van der Waals surface area contributed by atoms with E-state index in [-0.39, 0.29) is 12.4 Å². The minimum absolute atomic E-state index is 0.0859. The van der Waals surface area contributed by atoms with E-state index in [2.05, 4.69) is 10.3 Å². The van der Waals surface area contributed by atoms with Crippen molar-refractivity contribution in [2.45, 2.75) is 19.3 Å². The molecule has 2 atom stereocenters. The van der Waals surface area contributed by atoms with Gasteiger partial charge in [0.05, 0.1) is 18.1 Å². The van der Waals surface area contributed by atoms with E-state index in [1.807, 2.05) is 31.2 Å². The molecule has 1 saturated heterocycles. The first-order chi connectivity index (χ1) is 7.83. The molecule has 3 rings (SSSR count). The number of epoxide rings is 1. The predicted octanol–water partition coefficient (Wildman–Crippen LogP) is 1.39. The van der Waals surface area contributed by atoms with Crippen LogP contribution in [0.4, 0.5) is 0 Å². The number of nitrogens with zero attached hydrogens (tertiary/aromatic N) is 3. The molecule has 0 spiro atoms. The molecule has 2 heterocycles. The second kappa shape index (κ2) is 3.61. The van der Waals surface area contributed by atoms with Gasteiger partial charge in [-0.1, -0.05) is 5.21 Å². The van der Waals surface area contributed by atoms with Crippen LogP contribution >= 0.6 is 0 Å². The van der Waals surface area contributed by atoms with Crippen molar-refractivity contribution < 1.29 is 9.47 Å². The fourth-order valence-corrected chi connectivity index (χ4v) is 1.45. The molecule has 0 saturated carbocycles. The molecule has 1 fully saturated rings. The van der Waals surface area contributed by atoms with Gasteiger partial charge in [0.1, 0.15) is 11.9 Å². The van der Waals surface area contributed by atoms with Crippen LogP contribution in [0.25, 0.3) is 5.69 Å². The van der Waals surface area contributed by atoms with E-state index in [0.717, 1.165) is 11.4 Å². The molecule has 2 aromatic rings. The molecule has 0 bridgehead atoms. The Hall–Kier alpha value is -1.88. The fourth-order valence-electron chi connectivity index (χ4n) is 1.45. The van der Waals surface area contributed by atoms with Crippen LogP contribution in [0.15, 0.2) is 36.7 Å². The van der Waals surface area contributed by atoms with Crippen LogP contribution in [0.3, 0.4) is 0 Å². The highest BCUT2D eigenvalue weighted by Gasteiger charge is 2.36. The van der Waals surface area contributed by atoms with E-state index >= 15 is 0 Å². The maximum absolute atomic E-state index is 5.54. The lowest BCUT2D eigenvalue weighted by Gasteiger charge is -2.04. The van der Waals surface area contributed by atoms with Crippen LogP contribution < -0.4 is 4.74 Å². The van der Waals surface area contributed by atoms with Gasteiger partial charge in [-0.25, -0.2) is 4.68 Å². The van der Waals surface area contributed by atoms with Gasteiger partial charge in [0.2, 0.25) is 6.29 Å². The monoisotopic (exact) mass is 217 g/mol. The van der Waals surface area contributed by atoms with Crippen LogP contribution in [-0.2, 0) is 4.74 Å². The third-order valence-electron chi connectivity index (χ3n) is 2.43. The first-order valence-electron chi connectivity index (χ1n) is 5.12. The van der Waals surface area contributed by atoms with E-state index < -0.39 is 0 Å². The third-order valence-corrected chi connectivity index (χ3v) is 2.43. The first-order valence-corrected chi connectivity index (χ1v) is 5.12. The highest BCUT2D eigenvalue weighted by Crippen LogP contribution is 2.25.